The molecule has 0 radical (unpaired) electrons. The second-order valence-electron chi connectivity index (χ2n) is 8.19. The van der Waals surface area contributed by atoms with Gasteiger partial charge in [-0.05, 0) is 37.1 Å². The number of hydrogen-bond donors (Lipinski definition) is 0. The van der Waals surface area contributed by atoms with Gasteiger partial charge in [0.25, 0.3) is 5.56 Å². The van der Waals surface area contributed by atoms with Crippen LogP contribution in [-0.2, 0) is 9.47 Å². The van der Waals surface area contributed by atoms with Gasteiger partial charge in [0.15, 0.2) is 0 Å². The molecule has 0 N–H and O–H groups in total. The van der Waals surface area contributed by atoms with E-state index in [9.17, 15) is 9.59 Å². The number of pyridine rings is 1. The van der Waals surface area contributed by atoms with Crippen LogP contribution in [-0.4, -0.2) is 36.5 Å². The highest BCUT2D eigenvalue weighted by Gasteiger charge is 2.61. The highest BCUT2D eigenvalue weighted by Crippen LogP contribution is 2.53. The normalized spacial score (nSPS) is 24.9. The van der Waals surface area contributed by atoms with Gasteiger partial charge < -0.3 is 14.2 Å². The van der Waals surface area contributed by atoms with Crippen LogP contribution in [0, 0.1) is 18.3 Å². The van der Waals surface area contributed by atoms with Crippen LogP contribution in [0.4, 0.5) is 0 Å². The molecule has 1 aliphatic carbocycles. The second kappa shape index (κ2) is 6.78. The van der Waals surface area contributed by atoms with Gasteiger partial charge in [0.05, 0.1) is 24.5 Å². The number of aryl methyl sites for hydroxylation is 1. The third-order valence-electron chi connectivity index (χ3n) is 5.97. The number of nitrogens with zero attached hydrogens (tertiary/aromatic N) is 1. The van der Waals surface area contributed by atoms with Crippen molar-refractivity contribution in [3.63, 3.8) is 0 Å². The number of carbonyl (C=O) groups excluding carboxylic acids is 1. The maximum Gasteiger partial charge on any atom is 0.339 e. The molecular weight excluding hydrogens is 358 g/mol. The van der Waals surface area contributed by atoms with Crippen molar-refractivity contribution in [3.8, 4) is 11.4 Å². The van der Waals surface area contributed by atoms with Gasteiger partial charge in [-0.3, -0.25) is 9.36 Å². The minimum atomic E-state index is -0.427. The third-order valence-corrected chi connectivity index (χ3v) is 5.97. The van der Waals surface area contributed by atoms with E-state index in [1.165, 1.54) is 22.9 Å². The first-order valence-corrected chi connectivity index (χ1v) is 9.53. The van der Waals surface area contributed by atoms with Crippen LogP contribution in [0.3, 0.4) is 0 Å². The summed E-state index contributed by atoms with van der Waals surface area (Å²) in [6, 6.07) is 8.46. The van der Waals surface area contributed by atoms with Crippen molar-refractivity contribution in [1.82, 2.24) is 4.57 Å². The summed E-state index contributed by atoms with van der Waals surface area (Å²) in [6.45, 7) is 6.78. The Balaban J connectivity index is 1.63. The first-order valence-electron chi connectivity index (χ1n) is 9.53. The number of hydrogen-bond acceptors (Lipinski definition) is 5. The van der Waals surface area contributed by atoms with E-state index in [2.05, 4.69) is 13.8 Å². The Morgan fingerprint density at radius 2 is 2.04 bits per heavy atom. The first-order chi connectivity index (χ1) is 13.3. The van der Waals surface area contributed by atoms with E-state index in [1.54, 1.807) is 13.2 Å². The zero-order valence-electron chi connectivity index (χ0n) is 16.6. The van der Waals surface area contributed by atoms with Gasteiger partial charge in [0, 0.05) is 30.2 Å². The lowest BCUT2D eigenvalue weighted by Gasteiger charge is -2.53. The zero-order valence-corrected chi connectivity index (χ0v) is 16.6. The number of benzene rings is 1. The summed E-state index contributed by atoms with van der Waals surface area (Å²) < 4.78 is 18.4. The van der Waals surface area contributed by atoms with Crippen molar-refractivity contribution in [2.75, 3.05) is 13.7 Å². The fourth-order valence-corrected chi connectivity index (χ4v) is 4.48. The maximum absolute atomic E-state index is 12.8. The first kappa shape index (κ1) is 18.7. The number of rotatable bonds is 4. The molecule has 1 aliphatic heterocycles. The molecule has 1 aromatic heterocycles. The summed E-state index contributed by atoms with van der Waals surface area (Å²) in [5.41, 5.74) is 1.47. The lowest BCUT2D eigenvalue weighted by molar-refractivity contribution is -0.183. The van der Waals surface area contributed by atoms with Crippen LogP contribution in [0.5, 0.6) is 5.75 Å². The lowest BCUT2D eigenvalue weighted by Crippen LogP contribution is -2.61. The lowest BCUT2D eigenvalue weighted by atomic mass is 9.59. The summed E-state index contributed by atoms with van der Waals surface area (Å²) in [7, 11) is 1.55. The number of methoxy groups -OCH3 is 1. The molecule has 1 saturated carbocycles. The minimum absolute atomic E-state index is 0.149. The summed E-state index contributed by atoms with van der Waals surface area (Å²) in [6.07, 6.45) is 2.40. The maximum atomic E-state index is 12.8. The van der Waals surface area contributed by atoms with Crippen molar-refractivity contribution in [3.05, 3.63) is 58.0 Å². The van der Waals surface area contributed by atoms with Crippen molar-refractivity contribution in [2.24, 2.45) is 11.3 Å². The quantitative estimate of drug-likeness (QED) is 0.759. The monoisotopic (exact) mass is 383 g/mol. The summed E-state index contributed by atoms with van der Waals surface area (Å²) >= 11 is 0. The molecule has 6 nitrogen and oxygen atoms in total. The van der Waals surface area contributed by atoms with E-state index in [1.807, 2.05) is 19.1 Å². The van der Waals surface area contributed by atoms with Crippen molar-refractivity contribution < 1.29 is 19.0 Å². The van der Waals surface area contributed by atoms with Gasteiger partial charge >= 0.3 is 5.97 Å². The number of fused-ring (bicyclic) bond motifs is 1. The molecule has 2 aromatic rings. The molecule has 0 spiro atoms. The Hall–Kier alpha value is -2.60. The molecule has 0 unspecified atom stereocenters. The number of carbonyl (C=O) groups is 1. The molecule has 0 bridgehead atoms. The molecule has 3 atom stereocenters. The second-order valence-corrected chi connectivity index (χ2v) is 8.19. The van der Waals surface area contributed by atoms with Crippen LogP contribution in [0.15, 0.2) is 41.3 Å². The third kappa shape index (κ3) is 2.92. The predicted octanol–water partition coefficient (Wildman–Crippen LogP) is 3.12. The smallest absolute Gasteiger partial charge is 0.339 e. The van der Waals surface area contributed by atoms with E-state index < -0.39 is 5.97 Å². The minimum Gasteiger partial charge on any atom is -0.495 e. The molecule has 2 fully saturated rings. The van der Waals surface area contributed by atoms with Crippen LogP contribution >= 0.6 is 0 Å². The summed E-state index contributed by atoms with van der Waals surface area (Å²) in [4.78, 5) is 25.3. The summed E-state index contributed by atoms with van der Waals surface area (Å²) in [5.74, 6) is 0.384. The molecule has 1 saturated heterocycles. The number of ether oxygens (including phenoxy) is 3. The SMILES string of the molecule is COc1ccc(C)cc1-n1cc(C(=O)O[C@@H]2[C@@H]3CCO[C@H]3C2(C)C)ccc1=O. The number of aromatic nitrogens is 1. The molecule has 148 valence electrons. The fourth-order valence-electron chi connectivity index (χ4n) is 4.48. The molecule has 28 heavy (non-hydrogen) atoms. The van der Waals surface area contributed by atoms with Gasteiger partial charge in [-0.15, -0.1) is 0 Å². The van der Waals surface area contributed by atoms with E-state index >= 15 is 0 Å². The Bertz CT molecular complexity index is 977. The Morgan fingerprint density at radius 1 is 1.25 bits per heavy atom. The largest absolute Gasteiger partial charge is 0.495 e. The van der Waals surface area contributed by atoms with Crippen LogP contribution in [0.25, 0.3) is 5.69 Å². The topological polar surface area (TPSA) is 66.8 Å². The van der Waals surface area contributed by atoms with Crippen LogP contribution in [0.1, 0.15) is 36.2 Å². The highest BCUT2D eigenvalue weighted by atomic mass is 16.6. The van der Waals surface area contributed by atoms with E-state index in [4.69, 9.17) is 14.2 Å². The molecule has 1 aromatic carbocycles. The molecule has 2 heterocycles. The molecule has 0 amide bonds. The average Bonchev–Trinajstić information content (AvgIpc) is 3.13. The van der Waals surface area contributed by atoms with Gasteiger partial charge in [0.1, 0.15) is 11.9 Å². The van der Waals surface area contributed by atoms with Crippen molar-refractivity contribution >= 4 is 5.97 Å². The van der Waals surface area contributed by atoms with Crippen LogP contribution in [0.2, 0.25) is 0 Å². The predicted molar refractivity (Wildman–Crippen MR) is 104 cm³/mol. The van der Waals surface area contributed by atoms with Gasteiger partial charge in [-0.25, -0.2) is 4.79 Å². The average molecular weight is 383 g/mol. The van der Waals surface area contributed by atoms with Gasteiger partial charge in [-0.2, -0.15) is 0 Å². The van der Waals surface area contributed by atoms with E-state index in [0.29, 0.717) is 23.6 Å². The Labute approximate surface area is 164 Å². The van der Waals surface area contributed by atoms with E-state index in [0.717, 1.165) is 12.0 Å². The molecular formula is C22H25NO5. The van der Waals surface area contributed by atoms with Crippen molar-refractivity contribution in [2.45, 2.75) is 39.4 Å². The van der Waals surface area contributed by atoms with E-state index in [-0.39, 0.29) is 29.1 Å². The van der Waals surface area contributed by atoms with Crippen molar-refractivity contribution in [1.29, 1.82) is 0 Å². The number of esters is 1. The standard InChI is InChI=1S/C22H25NO5/c1-13-5-7-17(26-4)16(11-13)23-12-14(6-8-18(23)24)21(25)28-20-15-9-10-27-19(15)22(20,2)3/h5-8,11-12,15,19-20H,9-10H2,1-4H3/t15-,19-,20-/m1/s1. The Kier molecular flexibility index (Phi) is 4.54. The molecule has 4 rings (SSSR count). The van der Waals surface area contributed by atoms with Gasteiger partial charge in [-0.1, -0.05) is 19.9 Å². The highest BCUT2D eigenvalue weighted by molar-refractivity contribution is 5.89. The van der Waals surface area contributed by atoms with Gasteiger partial charge in [0.2, 0.25) is 0 Å². The molecule has 6 heteroatoms. The summed E-state index contributed by atoms with van der Waals surface area (Å²) in [5, 5.41) is 0. The zero-order chi connectivity index (χ0) is 20.1. The molecule has 2 aliphatic rings. The fraction of sp³-hybridized carbons (Fsp3) is 0.455. The Morgan fingerprint density at radius 3 is 2.79 bits per heavy atom. The van der Waals surface area contributed by atoms with Crippen LogP contribution < -0.4 is 10.3 Å².